The third-order valence-electron chi connectivity index (χ3n) is 9.89. The van der Waals surface area contributed by atoms with Gasteiger partial charge < -0.3 is 0 Å². The van der Waals surface area contributed by atoms with E-state index in [9.17, 15) is 0 Å². The molecule has 3 aromatic carbocycles. The van der Waals surface area contributed by atoms with Gasteiger partial charge in [0.2, 0.25) is 0 Å². The third-order valence-corrected chi connectivity index (χ3v) is 39.2. The first-order chi connectivity index (χ1) is 20.4. The summed E-state index contributed by atoms with van der Waals surface area (Å²) < 4.78 is 9.26. The molecule has 3 heteroatoms. The topological polar surface area (TPSA) is 12.0 Å². The van der Waals surface area contributed by atoms with E-state index in [-0.39, 0.29) is 6.71 Å². The molecule has 1 saturated carbocycles. The molecule has 0 amide bonds. The van der Waals surface area contributed by atoms with E-state index in [4.69, 9.17) is 0 Å². The second-order valence-corrected chi connectivity index (χ2v) is 42.1. The summed E-state index contributed by atoms with van der Waals surface area (Å²) in [5.74, 6) is 0.670. The smallest absolute Gasteiger partial charge is 0.0184 e. The third kappa shape index (κ3) is 9.34. The zero-order valence-corrected chi connectivity index (χ0v) is 32.1. The fourth-order valence-electron chi connectivity index (χ4n) is 7.33. The summed E-state index contributed by atoms with van der Waals surface area (Å²) in [5.41, 5.74) is 7.45. The van der Waals surface area contributed by atoms with Gasteiger partial charge in [-0.3, -0.25) is 0 Å². The molecule has 1 fully saturated rings. The molecular weight excluding hydrogens is 689 g/mol. The summed E-state index contributed by atoms with van der Waals surface area (Å²) >= 11 is -2.82. The summed E-state index contributed by atoms with van der Waals surface area (Å²) in [5, 5.41) is 1.68. The Balaban J connectivity index is 0.000000279. The van der Waals surface area contributed by atoms with Gasteiger partial charge in [-0.05, 0) is 11.1 Å². The van der Waals surface area contributed by atoms with Crippen LogP contribution in [0.3, 0.4) is 0 Å². The van der Waals surface area contributed by atoms with Crippen molar-refractivity contribution < 1.29 is 19.4 Å². The van der Waals surface area contributed by atoms with Crippen LogP contribution in [0.4, 0.5) is 0 Å². The predicted molar refractivity (Wildman–Crippen MR) is 186 cm³/mol. The molecule has 0 aromatic heterocycles. The quantitative estimate of drug-likeness (QED) is 0.248. The first kappa shape index (κ1) is 33.1. The standard InChI is InChI=1S/C12H10.C11H22N.C9H13.C6H7Si.CH3.Hf/c1-3-7-11(8-4-1)12-9-5-2-6-10-12;12-11-9-7-5-3-1-2-4-6-8-10-11;1-6-5-7(2)9(4)8(6)3;7-6-4-2-1-3-5-6;;/h1-10H;11-12H,1-10H2;6H,1-4H3;1-5H,7H2;1H3;/q;-1;;;;+1. The van der Waals surface area contributed by atoms with Gasteiger partial charge in [0.05, 0.1) is 0 Å². The molecule has 2 unspecified atom stereocenters. The molecule has 0 radical (unpaired) electrons. The molecule has 2 atom stereocenters. The molecule has 1 N–H and O–H groups in total. The minimum absolute atomic E-state index is 0.293. The molecular formula is C39H55HfNSi. The number of allylic oxidation sites excluding steroid dienone is 4. The first-order valence-corrected chi connectivity index (χ1v) is 32.9. The minimum Gasteiger partial charge on any atom is -0.0622 e. The largest absolute Gasteiger partial charge is 0.0622 e. The molecule has 2 aliphatic carbocycles. The predicted octanol–water partition coefficient (Wildman–Crippen LogP) is 10.00. The number of hydrogen-bond donors (Lipinski definition) is 1. The normalized spacial score (nSPS) is 20.6. The van der Waals surface area contributed by atoms with Crippen molar-refractivity contribution >= 4 is 11.9 Å². The minimum atomic E-state index is -2.82. The van der Waals surface area contributed by atoms with Crippen molar-refractivity contribution in [3.63, 3.8) is 0 Å². The van der Waals surface area contributed by atoms with Gasteiger partial charge in [-0.1, -0.05) is 60.7 Å². The zero-order valence-electron chi connectivity index (χ0n) is 27.1. The van der Waals surface area contributed by atoms with Crippen molar-refractivity contribution in [2.24, 2.45) is 5.92 Å². The Kier molecular flexibility index (Phi) is 13.3. The Morgan fingerprint density at radius 1 is 0.595 bits per heavy atom. The molecule has 42 heavy (non-hydrogen) atoms. The molecule has 0 bridgehead atoms. The Hall–Kier alpha value is -1.81. The van der Waals surface area contributed by atoms with Crippen LogP contribution in [0.2, 0.25) is 4.68 Å². The van der Waals surface area contributed by atoms with Crippen LogP contribution in [0, 0.1) is 5.92 Å². The van der Waals surface area contributed by atoms with Crippen molar-refractivity contribution in [2.45, 2.75) is 103 Å². The van der Waals surface area contributed by atoms with Crippen LogP contribution in [0.1, 0.15) is 91.9 Å². The van der Waals surface area contributed by atoms with E-state index in [1.165, 1.54) is 75.3 Å². The Bertz CT molecular complexity index is 1230. The van der Waals surface area contributed by atoms with E-state index in [1.807, 2.05) is 15.5 Å². The Morgan fingerprint density at radius 2 is 1.02 bits per heavy atom. The van der Waals surface area contributed by atoms with Gasteiger partial charge in [0.25, 0.3) is 0 Å². The summed E-state index contributed by atoms with van der Waals surface area (Å²) in [6.07, 6.45) is 14.4. The van der Waals surface area contributed by atoms with Crippen molar-refractivity contribution in [1.29, 1.82) is 0 Å². The molecule has 1 nitrogen and oxygen atoms in total. The molecule has 0 aliphatic heterocycles. The van der Waals surface area contributed by atoms with Gasteiger partial charge in [-0.25, -0.2) is 0 Å². The summed E-state index contributed by atoms with van der Waals surface area (Å²) in [6.45, 7) is 9.41. The maximum Gasteiger partial charge on any atom is -0.0184 e. The summed E-state index contributed by atoms with van der Waals surface area (Å²) in [7, 11) is 0. The maximum atomic E-state index is 4.56. The molecule has 0 saturated heterocycles. The fourth-order valence-corrected chi connectivity index (χ4v) is 43.2. The van der Waals surface area contributed by atoms with Crippen molar-refractivity contribution in [3.05, 3.63) is 111 Å². The van der Waals surface area contributed by atoms with Crippen LogP contribution in [0.15, 0.2) is 111 Å². The molecule has 224 valence electrons. The second kappa shape index (κ2) is 16.9. The molecule has 2 aliphatic rings. The van der Waals surface area contributed by atoms with Gasteiger partial charge in [-0.2, -0.15) is 0 Å². The first-order valence-electron chi connectivity index (χ1n) is 16.7. The van der Waals surface area contributed by atoms with Gasteiger partial charge >= 0.3 is 194 Å². The Morgan fingerprint density at radius 3 is 1.45 bits per heavy atom. The molecule has 0 heterocycles. The van der Waals surface area contributed by atoms with Crippen LogP contribution in [0.25, 0.3) is 11.1 Å². The fraction of sp³-hybridized carbons (Fsp3) is 0.436. The van der Waals surface area contributed by atoms with Crippen LogP contribution in [-0.4, -0.2) is 12.7 Å². The van der Waals surface area contributed by atoms with Gasteiger partial charge in [-0.15, -0.1) is 0 Å². The average Bonchev–Trinajstić information content (AvgIpc) is 3.18. The van der Waals surface area contributed by atoms with E-state index >= 15 is 0 Å². The van der Waals surface area contributed by atoms with Crippen molar-refractivity contribution in [1.82, 2.24) is 3.30 Å². The van der Waals surface area contributed by atoms with E-state index in [2.05, 4.69) is 115 Å². The maximum absolute atomic E-state index is 4.56. The van der Waals surface area contributed by atoms with Crippen molar-refractivity contribution in [3.8, 4) is 11.1 Å². The van der Waals surface area contributed by atoms with E-state index in [0.29, 0.717) is 5.92 Å². The molecule has 5 rings (SSSR count). The van der Waals surface area contributed by atoms with E-state index in [1.54, 1.807) is 21.9 Å². The van der Waals surface area contributed by atoms with Gasteiger partial charge in [0, 0.05) is 0 Å². The second-order valence-electron chi connectivity index (χ2n) is 13.0. The van der Waals surface area contributed by atoms with E-state index in [0.717, 1.165) is 6.04 Å². The van der Waals surface area contributed by atoms with Crippen LogP contribution < -0.4 is 8.49 Å². The number of nitrogens with one attached hydrogen (secondary N) is 1. The summed E-state index contributed by atoms with van der Waals surface area (Å²) in [4.78, 5) is 0. The SMILES string of the molecule is CC1=C(C)C(C)[C]([Hf]([CH3])([NH]C2CCCCCCCCCC2)[SiH2]c2ccccc2)=C1C.c1ccc(-c2ccccc2)cc1. The monoisotopic (exact) mass is 745 g/mol. The van der Waals surface area contributed by atoms with Gasteiger partial charge in [0.15, 0.2) is 0 Å². The molecule has 0 spiro atoms. The van der Waals surface area contributed by atoms with Crippen molar-refractivity contribution in [2.75, 3.05) is 0 Å². The Labute approximate surface area is 263 Å². The number of hydrogen-bond acceptors (Lipinski definition) is 1. The summed E-state index contributed by atoms with van der Waals surface area (Å²) in [6, 6.07) is 33.1. The average molecular weight is 744 g/mol. The van der Waals surface area contributed by atoms with Gasteiger partial charge in [0.1, 0.15) is 0 Å². The zero-order chi connectivity index (χ0) is 29.8. The van der Waals surface area contributed by atoms with Crippen LogP contribution >= 0.6 is 0 Å². The van der Waals surface area contributed by atoms with Crippen LogP contribution in [0.5, 0.6) is 0 Å². The van der Waals surface area contributed by atoms with Crippen LogP contribution in [-0.2, 0) is 19.4 Å². The van der Waals surface area contributed by atoms with E-state index < -0.39 is 19.4 Å². The number of benzene rings is 3. The number of rotatable bonds is 6. The molecule has 3 aromatic rings.